The Hall–Kier alpha value is 1.66. The van der Waals surface area contributed by atoms with Crippen molar-refractivity contribution in [3.63, 3.8) is 0 Å². The van der Waals surface area contributed by atoms with Crippen LogP contribution < -0.4 is 0 Å². The maximum atomic E-state index is 9.06. The van der Waals surface area contributed by atoms with Gasteiger partial charge < -0.3 is 0 Å². The summed E-state index contributed by atoms with van der Waals surface area (Å²) >= 11 is 0.347. The van der Waals surface area contributed by atoms with Crippen molar-refractivity contribution in [3.8, 4) is 0 Å². The molecule has 0 aliphatic rings. The van der Waals surface area contributed by atoms with Crippen molar-refractivity contribution in [1.82, 2.24) is 0 Å². The molecule has 0 radical (unpaired) electrons. The Bertz CT molecular complexity index is 32.6. The molecule has 0 unspecified atom stereocenters. The molecule has 5 heavy (non-hydrogen) atoms. The summed E-state index contributed by atoms with van der Waals surface area (Å²) in [6.45, 7) is 0. The van der Waals surface area contributed by atoms with Gasteiger partial charge in [0.1, 0.15) is 0 Å². The standard InChI is InChI=1S/CHO2.Ba.Zn.2H/c2-1-3;;;;/h(H,2,3);;;;. The van der Waals surface area contributed by atoms with E-state index in [2.05, 4.69) is 0 Å². The maximum absolute atomic E-state index is 9.06. The van der Waals surface area contributed by atoms with Crippen LogP contribution in [0.3, 0.4) is 0 Å². The Labute approximate surface area is 80.1 Å². The van der Waals surface area contributed by atoms with E-state index in [1.807, 2.05) is 0 Å². The molecule has 0 heterocycles. The second kappa shape index (κ2) is 5.66. The third-order valence-electron chi connectivity index (χ3n) is 0. The molecular weight excluding hydrogens is 247 g/mol. The zero-order chi connectivity index (χ0) is 3.58. The monoisotopic (exact) mass is 249 g/mol. The van der Waals surface area contributed by atoms with E-state index in [4.69, 9.17) is 9.90 Å². The van der Waals surface area contributed by atoms with Gasteiger partial charge in [0.25, 0.3) is 0 Å². The molecular formula is CH3BaO2Zn. The van der Waals surface area contributed by atoms with Gasteiger partial charge in [0.2, 0.25) is 0 Å². The van der Waals surface area contributed by atoms with Gasteiger partial charge in [0.05, 0.1) is 0 Å². The zero-order valence-electron chi connectivity index (χ0n) is 2.06. The fourth-order valence-corrected chi connectivity index (χ4v) is 0. The van der Waals surface area contributed by atoms with E-state index in [0.717, 1.165) is 0 Å². The first-order valence-electron chi connectivity index (χ1n) is 0.781. The number of carbonyl (C=O) groups is 1. The molecule has 0 aromatic carbocycles. The van der Waals surface area contributed by atoms with Gasteiger partial charge in [-0.15, -0.1) is 0 Å². The van der Waals surface area contributed by atoms with Gasteiger partial charge in [-0.1, -0.05) is 0 Å². The van der Waals surface area contributed by atoms with Crippen LogP contribution in [-0.2, 0) is 18.3 Å². The Kier molecular flexibility index (Phi) is 11.1. The third kappa shape index (κ3) is 27.5. The number of rotatable bonds is 0. The van der Waals surface area contributed by atoms with E-state index in [1.54, 1.807) is 0 Å². The average molecular weight is 250 g/mol. The molecule has 0 fully saturated rings. The first kappa shape index (κ1) is 9.83. The number of carboxylic acid groups (broad SMARTS) is 1. The Morgan fingerprint density at radius 1 is 1.80 bits per heavy atom. The van der Waals surface area contributed by atoms with E-state index in [1.165, 1.54) is 0 Å². The SMILES string of the molecule is O=[C](O)[Zn].[BaH2]. The van der Waals surface area contributed by atoms with Crippen LogP contribution in [0.1, 0.15) is 0 Å². The fraction of sp³-hybridized carbons (Fsp3) is 0. The predicted octanol–water partition coefficient (Wildman–Crippen LogP) is -0.705. The van der Waals surface area contributed by atoms with Gasteiger partial charge in [0, 0.05) is 0 Å². The molecule has 0 aliphatic carbocycles. The van der Waals surface area contributed by atoms with Crippen LogP contribution in [0.4, 0.5) is 4.79 Å². The van der Waals surface area contributed by atoms with Gasteiger partial charge in [-0.3, -0.25) is 0 Å². The van der Waals surface area contributed by atoms with Crippen LogP contribution in [0.15, 0.2) is 0 Å². The van der Waals surface area contributed by atoms with E-state index in [9.17, 15) is 0 Å². The first-order valence-corrected chi connectivity index (χ1v) is 2.26. The van der Waals surface area contributed by atoms with Crippen LogP contribution in [0, 0.1) is 0 Å². The van der Waals surface area contributed by atoms with E-state index < -0.39 is 4.56 Å². The van der Waals surface area contributed by atoms with Crippen LogP contribution in [0.2, 0.25) is 0 Å². The van der Waals surface area contributed by atoms with Crippen molar-refractivity contribution in [2.24, 2.45) is 0 Å². The molecule has 0 bridgehead atoms. The molecule has 1 N–H and O–H groups in total. The summed E-state index contributed by atoms with van der Waals surface area (Å²) in [6, 6.07) is 0. The molecule has 0 amide bonds. The summed E-state index contributed by atoms with van der Waals surface area (Å²) in [5, 5.41) is 7.47. The zero-order valence-corrected chi connectivity index (χ0v) is 5.03. The van der Waals surface area contributed by atoms with Crippen molar-refractivity contribution >= 4 is 53.4 Å². The van der Waals surface area contributed by atoms with E-state index in [0.29, 0.717) is 18.3 Å². The predicted molar refractivity (Wildman–Crippen MR) is 16.6 cm³/mol. The molecule has 2 nitrogen and oxygen atoms in total. The third-order valence-corrected chi connectivity index (χ3v) is 0. The summed E-state index contributed by atoms with van der Waals surface area (Å²) in [5.41, 5.74) is 0. The minimum atomic E-state index is -0.708. The molecule has 0 saturated heterocycles. The van der Waals surface area contributed by atoms with Gasteiger partial charge in [0.15, 0.2) is 0 Å². The van der Waals surface area contributed by atoms with Crippen LogP contribution in [-0.4, -0.2) is 58.6 Å². The molecule has 0 atom stereocenters. The molecule has 0 rings (SSSR count). The van der Waals surface area contributed by atoms with E-state index >= 15 is 0 Å². The fourth-order valence-electron chi connectivity index (χ4n) is 0. The molecule has 0 aliphatic heterocycles. The van der Waals surface area contributed by atoms with Crippen molar-refractivity contribution < 1.29 is 28.2 Å². The number of hydrogen-bond donors (Lipinski definition) is 1. The second-order valence-electron chi connectivity index (χ2n) is 0.394. The Morgan fingerprint density at radius 3 is 1.80 bits per heavy atom. The number of hydrogen-bond acceptors (Lipinski definition) is 1. The molecule has 0 aromatic heterocycles. The first-order chi connectivity index (χ1) is 1.73. The topological polar surface area (TPSA) is 37.3 Å². The van der Waals surface area contributed by atoms with Crippen LogP contribution in [0.5, 0.6) is 0 Å². The molecule has 0 spiro atoms. The molecule has 23 valence electrons. The normalized spacial score (nSPS) is 5.20. The van der Waals surface area contributed by atoms with Gasteiger partial charge >= 0.3 is 81.6 Å². The Balaban J connectivity index is 0. The molecule has 4 heteroatoms. The van der Waals surface area contributed by atoms with Gasteiger partial charge in [-0.05, 0) is 0 Å². The van der Waals surface area contributed by atoms with E-state index in [-0.39, 0.29) is 48.9 Å². The summed E-state index contributed by atoms with van der Waals surface area (Å²) in [4.78, 5) is 9.06. The van der Waals surface area contributed by atoms with Crippen LogP contribution in [0.25, 0.3) is 0 Å². The quantitative estimate of drug-likeness (QED) is 0.577. The minimum absolute atomic E-state index is 0. The Morgan fingerprint density at radius 2 is 1.80 bits per heavy atom. The van der Waals surface area contributed by atoms with Gasteiger partial charge in [-0.25, -0.2) is 0 Å². The molecule has 0 saturated carbocycles. The summed E-state index contributed by atoms with van der Waals surface area (Å²) in [7, 11) is 0. The van der Waals surface area contributed by atoms with Crippen LogP contribution >= 0.6 is 0 Å². The van der Waals surface area contributed by atoms with Gasteiger partial charge in [-0.2, -0.15) is 0 Å². The van der Waals surface area contributed by atoms with Crippen molar-refractivity contribution in [2.45, 2.75) is 0 Å². The summed E-state index contributed by atoms with van der Waals surface area (Å²) < 4.78 is -0.708. The van der Waals surface area contributed by atoms with Crippen molar-refractivity contribution in [2.75, 3.05) is 0 Å². The summed E-state index contributed by atoms with van der Waals surface area (Å²) in [6.07, 6.45) is 0. The molecule has 0 aromatic rings. The van der Waals surface area contributed by atoms with Crippen molar-refractivity contribution in [3.05, 3.63) is 0 Å². The average Bonchev–Trinajstić information content (AvgIpc) is 0.811. The second-order valence-corrected chi connectivity index (χ2v) is 1.66. The summed E-state index contributed by atoms with van der Waals surface area (Å²) in [5.74, 6) is 0. The van der Waals surface area contributed by atoms with Crippen molar-refractivity contribution in [1.29, 1.82) is 0 Å².